The van der Waals surface area contributed by atoms with Gasteiger partial charge in [0.15, 0.2) is 5.82 Å². The van der Waals surface area contributed by atoms with E-state index >= 15 is 8.78 Å². The number of piperidine rings is 4. The van der Waals surface area contributed by atoms with E-state index in [0.29, 0.717) is 91.1 Å². The SMILES string of the molecule is CCc1c(F)ccc2cc(O)cc(-c3ncc4c(N5CCC[C@@](C)(O)C5)nc(OC[C@@]56CCCN5[C@H](COC(=O)N5CCC(CN7CCC(c8ccc9c(C%10CCC(=O)NC%10=O)nn(C)c9c8)CC7)CC5)CC6)nc4c3F)c12. The van der Waals surface area contributed by atoms with Crippen LogP contribution in [0.4, 0.5) is 19.4 Å². The normalized spacial score (nSPS) is 24.9. The molecule has 6 aliphatic rings. The molecule has 6 aromatic rings. The van der Waals surface area contributed by atoms with Crippen LogP contribution in [0.1, 0.15) is 120 Å². The molecule has 6 aliphatic heterocycles. The predicted molar refractivity (Wildman–Crippen MR) is 290 cm³/mol. The van der Waals surface area contributed by atoms with Crippen molar-refractivity contribution in [1.82, 2.24) is 44.7 Å². The summed E-state index contributed by atoms with van der Waals surface area (Å²) in [5, 5.41) is 31.5. The van der Waals surface area contributed by atoms with Crippen LogP contribution in [-0.2, 0) is 27.8 Å². The van der Waals surface area contributed by atoms with Crippen molar-refractivity contribution < 1.29 is 42.9 Å². The Balaban J connectivity index is 0.663. The molecule has 6 fully saturated rings. The number of benzene rings is 3. The molecule has 0 aliphatic carbocycles. The number of hydrogen-bond acceptors (Lipinski definition) is 14. The molecule has 12 rings (SSSR count). The van der Waals surface area contributed by atoms with Crippen LogP contribution in [0.5, 0.6) is 11.8 Å². The highest BCUT2D eigenvalue weighted by Gasteiger charge is 2.50. The number of phenolic OH excluding ortho intramolecular Hbond substituents is 1. The molecule has 3 N–H and O–H groups in total. The van der Waals surface area contributed by atoms with Gasteiger partial charge in [-0.1, -0.05) is 25.1 Å². The minimum absolute atomic E-state index is 0.00705. The summed E-state index contributed by atoms with van der Waals surface area (Å²) in [6.45, 7) is 10.2. The molecule has 3 aromatic carbocycles. The minimum Gasteiger partial charge on any atom is -0.508 e. The molecule has 9 heterocycles. The standard InChI is InChI=1S/C59H70F2N10O7/c1-4-41-46(60)11-8-38-27-40(72)29-44(49(38)41)52-50(61)53-45(30-62-52)54(70-21-5-18-58(2,76)33-70)65-56(64-53)78-34-59-19-6-22-71(59)39(13-20-59)32-77-57(75)69-25-14-35(15-26-69)31-68-23-16-36(17-24-68)37-7-9-42-47(28-37)67(3)66-51(42)43-10-12-48(73)63-55(43)74/h7-9,11,27-30,35-36,39,43,72,76H,4-6,10,12-26,31-34H2,1-3H3,(H,63,73,74)/t39-,43?,58+,59-/m0/s1. The maximum Gasteiger partial charge on any atom is 0.409 e. The lowest BCUT2D eigenvalue weighted by atomic mass is 9.87. The average molecular weight is 1070 g/mol. The van der Waals surface area contributed by atoms with E-state index in [2.05, 4.69) is 38.3 Å². The number of hydrogen-bond donors (Lipinski definition) is 3. The number of rotatable bonds is 12. The third kappa shape index (κ3) is 9.88. The number of amides is 3. The first-order chi connectivity index (χ1) is 37.6. The first kappa shape index (κ1) is 52.1. The van der Waals surface area contributed by atoms with Gasteiger partial charge in [0.2, 0.25) is 11.8 Å². The van der Waals surface area contributed by atoms with Crippen molar-refractivity contribution in [2.24, 2.45) is 13.0 Å². The van der Waals surface area contributed by atoms with Crippen LogP contribution in [0, 0.1) is 17.6 Å². The number of nitrogens with one attached hydrogen (secondary N) is 1. The Labute approximate surface area is 452 Å². The number of carbonyl (C=O) groups excluding carboxylic acids is 3. The van der Waals surface area contributed by atoms with Crippen LogP contribution in [0.25, 0.3) is 43.8 Å². The topological polar surface area (TPSA) is 192 Å². The molecule has 3 amide bonds. The first-order valence-corrected chi connectivity index (χ1v) is 28.3. The average Bonchev–Trinajstić information content (AvgIpc) is 4.22. The number of ether oxygens (including phenoxy) is 2. The number of phenols is 1. The second-order valence-corrected chi connectivity index (χ2v) is 23.4. The monoisotopic (exact) mass is 1070 g/mol. The summed E-state index contributed by atoms with van der Waals surface area (Å²) < 4.78 is 47.0. The number of likely N-dealkylation sites (tertiary alicyclic amines) is 2. The van der Waals surface area contributed by atoms with Crippen molar-refractivity contribution in [3.8, 4) is 23.0 Å². The van der Waals surface area contributed by atoms with E-state index in [1.54, 1.807) is 13.0 Å². The van der Waals surface area contributed by atoms with Crippen molar-refractivity contribution in [2.45, 2.75) is 126 Å². The van der Waals surface area contributed by atoms with Gasteiger partial charge in [-0.3, -0.25) is 29.5 Å². The van der Waals surface area contributed by atoms with Gasteiger partial charge in [-0.05, 0) is 162 Å². The molecule has 3 aromatic heterocycles. The summed E-state index contributed by atoms with van der Waals surface area (Å²) in [6, 6.07) is 12.4. The number of anilines is 1. The molecular weight excluding hydrogens is 999 g/mol. The van der Waals surface area contributed by atoms with E-state index in [4.69, 9.17) is 24.5 Å². The second kappa shape index (κ2) is 20.9. The Morgan fingerprint density at radius 3 is 2.50 bits per heavy atom. The summed E-state index contributed by atoms with van der Waals surface area (Å²) in [6.07, 6.45) is 11.1. The molecule has 0 spiro atoms. The summed E-state index contributed by atoms with van der Waals surface area (Å²) >= 11 is 0. The molecule has 78 heavy (non-hydrogen) atoms. The molecule has 19 heteroatoms. The van der Waals surface area contributed by atoms with Gasteiger partial charge in [0.05, 0.1) is 33.7 Å². The number of carbonyl (C=O) groups is 3. The molecule has 0 bridgehead atoms. The number of halogens is 2. The Bertz CT molecular complexity index is 3320. The number of aromatic hydroxyl groups is 1. The van der Waals surface area contributed by atoms with Crippen LogP contribution in [0.3, 0.4) is 0 Å². The first-order valence-electron chi connectivity index (χ1n) is 28.3. The van der Waals surface area contributed by atoms with Crippen LogP contribution < -0.4 is 15.0 Å². The number of fused-ring (bicyclic) bond motifs is 4. The zero-order valence-corrected chi connectivity index (χ0v) is 44.9. The number of nitrogens with zero attached hydrogens (tertiary/aromatic N) is 9. The van der Waals surface area contributed by atoms with Gasteiger partial charge in [-0.25, -0.2) is 13.6 Å². The summed E-state index contributed by atoms with van der Waals surface area (Å²) in [7, 11) is 1.92. The van der Waals surface area contributed by atoms with Crippen molar-refractivity contribution in [1.29, 1.82) is 0 Å². The lowest BCUT2D eigenvalue weighted by molar-refractivity contribution is -0.134. The van der Waals surface area contributed by atoms with Gasteiger partial charge >= 0.3 is 12.1 Å². The maximum atomic E-state index is 17.3. The lowest BCUT2D eigenvalue weighted by Crippen LogP contribution is -2.49. The van der Waals surface area contributed by atoms with Crippen LogP contribution in [0.15, 0.2) is 48.7 Å². The fourth-order valence-electron chi connectivity index (χ4n) is 14.1. The zero-order valence-electron chi connectivity index (χ0n) is 44.9. The van der Waals surface area contributed by atoms with Crippen molar-refractivity contribution in [3.05, 3.63) is 77.1 Å². The second-order valence-electron chi connectivity index (χ2n) is 23.4. The van der Waals surface area contributed by atoms with Crippen molar-refractivity contribution in [3.63, 3.8) is 0 Å². The van der Waals surface area contributed by atoms with E-state index in [1.165, 1.54) is 30.0 Å². The van der Waals surface area contributed by atoms with Gasteiger partial charge < -0.3 is 34.4 Å². The van der Waals surface area contributed by atoms with E-state index < -0.39 is 23.2 Å². The highest BCUT2D eigenvalue weighted by atomic mass is 19.1. The van der Waals surface area contributed by atoms with E-state index in [1.807, 2.05) is 28.5 Å². The fraction of sp³-hybridized carbons (Fsp3) is 0.542. The number of imide groups is 1. The summed E-state index contributed by atoms with van der Waals surface area (Å²) in [5.41, 5.74) is 2.22. The third-order valence-electron chi connectivity index (χ3n) is 18.2. The van der Waals surface area contributed by atoms with E-state index in [0.717, 1.165) is 94.1 Å². The molecule has 17 nitrogen and oxygen atoms in total. The third-order valence-corrected chi connectivity index (χ3v) is 18.2. The fourth-order valence-corrected chi connectivity index (χ4v) is 14.1. The quantitative estimate of drug-likeness (QED) is 0.0993. The predicted octanol–water partition coefficient (Wildman–Crippen LogP) is 8.25. The van der Waals surface area contributed by atoms with Crippen LogP contribution in [0.2, 0.25) is 0 Å². The largest absolute Gasteiger partial charge is 0.508 e. The van der Waals surface area contributed by atoms with Gasteiger partial charge in [0.25, 0.3) is 0 Å². The summed E-state index contributed by atoms with van der Waals surface area (Å²) in [5.74, 6) is -0.856. The minimum atomic E-state index is -0.998. The molecule has 4 atom stereocenters. The zero-order chi connectivity index (χ0) is 54.0. The molecule has 0 saturated carbocycles. The Kier molecular flexibility index (Phi) is 14.0. The highest BCUT2D eigenvalue weighted by molar-refractivity contribution is 6.03. The Morgan fingerprint density at radius 2 is 1.72 bits per heavy atom. The molecule has 412 valence electrons. The number of aromatic nitrogens is 5. The Morgan fingerprint density at radius 1 is 0.910 bits per heavy atom. The van der Waals surface area contributed by atoms with Crippen LogP contribution >= 0.6 is 0 Å². The van der Waals surface area contributed by atoms with Crippen molar-refractivity contribution in [2.75, 3.05) is 70.5 Å². The summed E-state index contributed by atoms with van der Waals surface area (Å²) in [4.78, 5) is 61.0. The number of aliphatic hydroxyl groups is 1. The van der Waals surface area contributed by atoms with Crippen molar-refractivity contribution >= 4 is 56.3 Å². The van der Waals surface area contributed by atoms with Crippen LogP contribution in [-0.4, -0.2) is 150 Å². The number of β-amino-alcohol motifs (C(OH)–C–C–N with tert-alkyl or cyclic N) is 1. The van der Waals surface area contributed by atoms with E-state index in [-0.39, 0.29) is 77.8 Å². The van der Waals surface area contributed by atoms with Gasteiger partial charge in [-0.15, -0.1) is 0 Å². The molecular formula is C59H70F2N10O7. The molecule has 1 unspecified atom stereocenters. The van der Waals surface area contributed by atoms with Gasteiger partial charge in [0, 0.05) is 69.4 Å². The maximum absolute atomic E-state index is 17.3. The van der Waals surface area contributed by atoms with E-state index in [9.17, 15) is 24.6 Å². The number of aryl methyl sites for hydroxylation is 2. The van der Waals surface area contributed by atoms with Gasteiger partial charge in [0.1, 0.15) is 41.8 Å². The lowest BCUT2D eigenvalue weighted by Gasteiger charge is -2.38. The van der Waals surface area contributed by atoms with Gasteiger partial charge in [-0.2, -0.15) is 15.1 Å². The highest BCUT2D eigenvalue weighted by Crippen LogP contribution is 2.44. The Hall–Kier alpha value is -6.57. The number of pyridine rings is 1. The smallest absolute Gasteiger partial charge is 0.409 e. The molecule has 0 radical (unpaired) electrons. The molecule has 6 saturated heterocycles.